The highest BCUT2D eigenvalue weighted by atomic mass is 35.5. The van der Waals surface area contributed by atoms with Gasteiger partial charge in [-0.05, 0) is 30.3 Å². The fraction of sp³-hybridized carbons (Fsp3) is 0.200. The van der Waals surface area contributed by atoms with E-state index in [1.807, 2.05) is 0 Å². The van der Waals surface area contributed by atoms with Crippen molar-refractivity contribution in [1.29, 1.82) is 0 Å². The molecule has 1 aliphatic heterocycles. The summed E-state index contributed by atoms with van der Waals surface area (Å²) in [5.74, 6) is 0. The average Bonchev–Trinajstić information content (AvgIpc) is 2.61. The Morgan fingerprint density at radius 3 is 2.29 bits per heavy atom. The molecule has 0 aliphatic carbocycles. The number of anilines is 2. The number of rotatable bonds is 1. The van der Waals surface area contributed by atoms with Crippen LogP contribution in [0.4, 0.5) is 24.5 Å². The van der Waals surface area contributed by atoms with Crippen LogP contribution in [-0.2, 0) is 0 Å². The maximum atomic E-state index is 12.5. The minimum absolute atomic E-state index is 0.0166. The van der Waals surface area contributed by atoms with Crippen molar-refractivity contribution in [2.45, 2.75) is 12.2 Å². The summed E-state index contributed by atoms with van der Waals surface area (Å²) in [6, 6.07) is 4.56. The van der Waals surface area contributed by atoms with Crippen LogP contribution in [0.3, 0.4) is 0 Å². The lowest BCUT2D eigenvalue weighted by Crippen LogP contribution is -2.44. The van der Waals surface area contributed by atoms with E-state index in [2.05, 4.69) is 5.43 Å². The lowest BCUT2D eigenvalue weighted by molar-refractivity contribution is -0.142. The molecule has 0 amide bonds. The molecule has 1 unspecified atom stereocenters. The Hall–Kier alpha value is -1.40. The Balaban J connectivity index is 2.21. The topological polar surface area (TPSA) is 41.3 Å². The molecule has 1 aromatic carbocycles. The third kappa shape index (κ3) is 2.48. The van der Waals surface area contributed by atoms with Gasteiger partial charge in [-0.25, -0.2) is 5.43 Å². The molecule has 0 saturated heterocycles. The third-order valence-corrected chi connectivity index (χ3v) is 2.58. The van der Waals surface area contributed by atoms with E-state index < -0.39 is 12.2 Å². The molecule has 1 atom stereocenters. The first-order valence-electron chi connectivity index (χ1n) is 4.74. The first kappa shape index (κ1) is 12.1. The van der Waals surface area contributed by atoms with Crippen molar-refractivity contribution in [1.82, 2.24) is 5.43 Å². The third-order valence-electron chi connectivity index (χ3n) is 2.29. The Bertz CT molecular complexity index is 441. The average molecular weight is 264 g/mol. The Kier molecular flexibility index (Phi) is 2.92. The molecule has 1 aromatic rings. The Labute approximate surface area is 101 Å². The number of nitrogens with one attached hydrogen (secondary N) is 1. The number of nitrogens with zero attached hydrogens (tertiary/aromatic N) is 1. The second-order valence-electron chi connectivity index (χ2n) is 3.56. The van der Waals surface area contributed by atoms with Gasteiger partial charge in [-0.3, -0.25) is 5.01 Å². The molecule has 0 fully saturated rings. The Morgan fingerprint density at radius 1 is 1.24 bits per heavy atom. The van der Waals surface area contributed by atoms with Crippen LogP contribution in [0.5, 0.6) is 0 Å². The minimum Gasteiger partial charge on any atom is -0.399 e. The van der Waals surface area contributed by atoms with Gasteiger partial charge in [0, 0.05) is 5.69 Å². The lowest BCUT2D eigenvalue weighted by Gasteiger charge is -2.22. The molecule has 0 spiro atoms. The molecule has 0 aromatic heterocycles. The molecule has 2 rings (SSSR count). The number of hydrogen-bond donors (Lipinski definition) is 2. The highest BCUT2D eigenvalue weighted by Crippen LogP contribution is 2.31. The molecule has 7 heteroatoms. The van der Waals surface area contributed by atoms with E-state index in [4.69, 9.17) is 17.3 Å². The van der Waals surface area contributed by atoms with Gasteiger partial charge in [-0.2, -0.15) is 13.2 Å². The van der Waals surface area contributed by atoms with Crippen LogP contribution >= 0.6 is 11.6 Å². The van der Waals surface area contributed by atoms with Crippen molar-refractivity contribution in [2.24, 2.45) is 0 Å². The predicted molar refractivity (Wildman–Crippen MR) is 60.2 cm³/mol. The van der Waals surface area contributed by atoms with Gasteiger partial charge < -0.3 is 5.73 Å². The molecule has 1 aliphatic rings. The van der Waals surface area contributed by atoms with Gasteiger partial charge >= 0.3 is 6.18 Å². The van der Waals surface area contributed by atoms with E-state index in [0.717, 1.165) is 6.08 Å². The molecule has 1 heterocycles. The summed E-state index contributed by atoms with van der Waals surface area (Å²) in [7, 11) is 0. The first-order chi connectivity index (χ1) is 7.88. The molecule has 17 heavy (non-hydrogen) atoms. The van der Waals surface area contributed by atoms with Crippen LogP contribution in [-0.4, -0.2) is 12.2 Å². The second-order valence-corrected chi connectivity index (χ2v) is 3.95. The van der Waals surface area contributed by atoms with Gasteiger partial charge in [0.1, 0.15) is 11.2 Å². The number of nitrogen functional groups attached to an aromatic ring is 1. The van der Waals surface area contributed by atoms with Crippen molar-refractivity contribution in [3.8, 4) is 0 Å². The van der Waals surface area contributed by atoms with Crippen molar-refractivity contribution in [3.05, 3.63) is 35.5 Å². The zero-order valence-electron chi connectivity index (χ0n) is 8.50. The van der Waals surface area contributed by atoms with Crippen molar-refractivity contribution in [2.75, 3.05) is 10.7 Å². The molecular formula is C10H9ClF3N3. The molecule has 0 radical (unpaired) electrons. The summed E-state index contributed by atoms with van der Waals surface area (Å²) in [5, 5.41) is 1.15. The Morgan fingerprint density at radius 2 is 1.82 bits per heavy atom. The van der Waals surface area contributed by atoms with Gasteiger partial charge in [-0.1, -0.05) is 11.6 Å². The van der Waals surface area contributed by atoms with E-state index in [1.54, 1.807) is 24.3 Å². The summed E-state index contributed by atoms with van der Waals surface area (Å²) in [6.45, 7) is 0. The molecule has 0 saturated carbocycles. The first-order valence-corrected chi connectivity index (χ1v) is 5.11. The minimum atomic E-state index is -4.37. The van der Waals surface area contributed by atoms with E-state index in [-0.39, 0.29) is 5.16 Å². The second kappa shape index (κ2) is 4.12. The smallest absolute Gasteiger partial charge is 0.399 e. The zero-order chi connectivity index (χ0) is 12.6. The fourth-order valence-corrected chi connectivity index (χ4v) is 1.71. The van der Waals surface area contributed by atoms with Crippen LogP contribution in [0, 0.1) is 0 Å². The highest BCUT2D eigenvalue weighted by molar-refractivity contribution is 6.31. The van der Waals surface area contributed by atoms with Crippen molar-refractivity contribution < 1.29 is 13.2 Å². The van der Waals surface area contributed by atoms with E-state index in [9.17, 15) is 13.2 Å². The molecule has 3 nitrogen and oxygen atoms in total. The van der Waals surface area contributed by atoms with Gasteiger partial charge in [0.2, 0.25) is 0 Å². The maximum absolute atomic E-state index is 12.5. The van der Waals surface area contributed by atoms with E-state index in [0.29, 0.717) is 11.4 Å². The monoisotopic (exact) mass is 263 g/mol. The van der Waals surface area contributed by atoms with Crippen LogP contribution in [0.2, 0.25) is 0 Å². The number of hydrazine groups is 1. The molecular weight excluding hydrogens is 255 g/mol. The normalized spacial score (nSPS) is 20.6. The van der Waals surface area contributed by atoms with Crippen LogP contribution < -0.4 is 16.2 Å². The van der Waals surface area contributed by atoms with Crippen LogP contribution in [0.15, 0.2) is 35.5 Å². The number of hydrogen-bond acceptors (Lipinski definition) is 3. The maximum Gasteiger partial charge on any atom is 0.409 e. The number of alkyl halides is 3. The predicted octanol–water partition coefficient (Wildman–Crippen LogP) is 2.60. The molecule has 3 N–H and O–H groups in total. The van der Waals surface area contributed by atoms with Gasteiger partial charge in [0.05, 0.1) is 5.69 Å². The summed E-state index contributed by atoms with van der Waals surface area (Å²) < 4.78 is 37.4. The van der Waals surface area contributed by atoms with Gasteiger partial charge in [-0.15, -0.1) is 0 Å². The fourth-order valence-electron chi connectivity index (χ4n) is 1.44. The zero-order valence-corrected chi connectivity index (χ0v) is 9.26. The standard InChI is InChI=1S/C10H9ClF3N3/c11-9-5-8(10(12,13)14)16-17(9)7-3-1-6(15)2-4-7/h1-5,8,16H,15H2. The van der Waals surface area contributed by atoms with Crippen molar-refractivity contribution in [3.63, 3.8) is 0 Å². The van der Waals surface area contributed by atoms with E-state index in [1.165, 1.54) is 5.01 Å². The highest BCUT2D eigenvalue weighted by Gasteiger charge is 2.43. The summed E-state index contributed by atoms with van der Waals surface area (Å²) in [6.07, 6.45) is -3.46. The van der Waals surface area contributed by atoms with Gasteiger partial charge in [0.15, 0.2) is 0 Å². The van der Waals surface area contributed by atoms with Gasteiger partial charge in [0.25, 0.3) is 0 Å². The summed E-state index contributed by atoms with van der Waals surface area (Å²) in [4.78, 5) is 0. The number of halogens is 4. The van der Waals surface area contributed by atoms with E-state index >= 15 is 0 Å². The quantitative estimate of drug-likeness (QED) is 0.604. The largest absolute Gasteiger partial charge is 0.409 e. The SMILES string of the molecule is Nc1ccc(N2NC(C(F)(F)F)C=C2Cl)cc1. The lowest BCUT2D eigenvalue weighted by atomic mass is 10.3. The molecule has 0 bridgehead atoms. The van der Waals surface area contributed by atoms with Crippen LogP contribution in [0.1, 0.15) is 0 Å². The summed E-state index contributed by atoms with van der Waals surface area (Å²) in [5.41, 5.74) is 8.77. The number of nitrogens with two attached hydrogens (primary N) is 1. The number of benzene rings is 1. The molecule has 92 valence electrons. The van der Waals surface area contributed by atoms with Crippen LogP contribution in [0.25, 0.3) is 0 Å². The van der Waals surface area contributed by atoms with Crippen molar-refractivity contribution >= 4 is 23.0 Å². The summed E-state index contributed by atoms with van der Waals surface area (Å²) >= 11 is 5.75.